The molecule has 0 spiro atoms. The first-order valence-electron chi connectivity index (χ1n) is 7.23. The van der Waals surface area contributed by atoms with Crippen LogP contribution in [0, 0.1) is 6.92 Å². The van der Waals surface area contributed by atoms with Crippen LogP contribution in [0.25, 0.3) is 5.65 Å². The van der Waals surface area contributed by atoms with E-state index in [1.54, 1.807) is 30.5 Å². The SMILES string of the molecule is CCN(Cc1cc(=O)n2cccc(C)c2n1)CC(C)(C)O. The van der Waals surface area contributed by atoms with Gasteiger partial charge in [-0.1, -0.05) is 13.0 Å². The molecule has 5 nitrogen and oxygen atoms in total. The van der Waals surface area contributed by atoms with Crippen molar-refractivity contribution in [2.45, 2.75) is 39.8 Å². The quantitative estimate of drug-likeness (QED) is 0.908. The van der Waals surface area contributed by atoms with Crippen molar-refractivity contribution in [1.82, 2.24) is 14.3 Å². The van der Waals surface area contributed by atoms with Crippen molar-refractivity contribution in [3.8, 4) is 0 Å². The van der Waals surface area contributed by atoms with E-state index in [-0.39, 0.29) is 5.56 Å². The van der Waals surface area contributed by atoms with E-state index < -0.39 is 5.60 Å². The van der Waals surface area contributed by atoms with Gasteiger partial charge in [-0.2, -0.15) is 0 Å². The molecule has 0 aromatic carbocycles. The number of aromatic nitrogens is 2. The predicted octanol–water partition coefficient (Wildman–Crippen LogP) is 1.60. The number of nitrogens with zero attached hydrogens (tertiary/aromatic N) is 3. The Morgan fingerprint density at radius 3 is 2.76 bits per heavy atom. The van der Waals surface area contributed by atoms with Gasteiger partial charge in [0.2, 0.25) is 0 Å². The summed E-state index contributed by atoms with van der Waals surface area (Å²) in [6, 6.07) is 5.36. The van der Waals surface area contributed by atoms with Gasteiger partial charge in [0, 0.05) is 25.4 Å². The second-order valence-corrected chi connectivity index (χ2v) is 6.09. The molecule has 0 aliphatic rings. The molecular formula is C16H23N3O2. The molecule has 0 radical (unpaired) electrons. The second-order valence-electron chi connectivity index (χ2n) is 6.09. The highest BCUT2D eigenvalue weighted by atomic mass is 16.3. The molecule has 2 aromatic rings. The average molecular weight is 289 g/mol. The summed E-state index contributed by atoms with van der Waals surface area (Å²) < 4.78 is 1.56. The van der Waals surface area contributed by atoms with Crippen LogP contribution in [0.3, 0.4) is 0 Å². The Balaban J connectivity index is 2.34. The fraction of sp³-hybridized carbons (Fsp3) is 0.500. The third-order valence-electron chi connectivity index (χ3n) is 3.38. The molecule has 0 bridgehead atoms. The maximum absolute atomic E-state index is 12.2. The summed E-state index contributed by atoms with van der Waals surface area (Å²) in [6.07, 6.45) is 1.73. The average Bonchev–Trinajstić information content (AvgIpc) is 2.38. The van der Waals surface area contributed by atoms with Crippen molar-refractivity contribution in [2.24, 2.45) is 0 Å². The van der Waals surface area contributed by atoms with E-state index in [9.17, 15) is 9.90 Å². The maximum atomic E-state index is 12.2. The zero-order valence-electron chi connectivity index (χ0n) is 13.1. The molecule has 2 aromatic heterocycles. The van der Waals surface area contributed by atoms with Gasteiger partial charge >= 0.3 is 0 Å². The summed E-state index contributed by atoms with van der Waals surface area (Å²) in [7, 11) is 0. The summed E-state index contributed by atoms with van der Waals surface area (Å²) >= 11 is 0. The van der Waals surface area contributed by atoms with Gasteiger partial charge in [-0.15, -0.1) is 0 Å². The van der Waals surface area contributed by atoms with Crippen molar-refractivity contribution >= 4 is 5.65 Å². The molecule has 0 amide bonds. The van der Waals surface area contributed by atoms with Crippen LogP contribution in [0.2, 0.25) is 0 Å². The highest BCUT2D eigenvalue weighted by Crippen LogP contribution is 2.10. The van der Waals surface area contributed by atoms with Crippen LogP contribution in [-0.4, -0.2) is 38.1 Å². The van der Waals surface area contributed by atoms with Gasteiger partial charge in [0.1, 0.15) is 5.65 Å². The lowest BCUT2D eigenvalue weighted by Gasteiger charge is -2.27. The molecule has 1 N–H and O–H groups in total. The lowest BCUT2D eigenvalue weighted by molar-refractivity contribution is 0.0350. The molecule has 21 heavy (non-hydrogen) atoms. The molecule has 2 heterocycles. The Morgan fingerprint density at radius 1 is 1.43 bits per heavy atom. The summed E-state index contributed by atoms with van der Waals surface area (Å²) in [5.41, 5.74) is 1.57. The van der Waals surface area contributed by atoms with Crippen molar-refractivity contribution < 1.29 is 5.11 Å². The number of aliphatic hydroxyl groups is 1. The lowest BCUT2D eigenvalue weighted by atomic mass is 10.1. The minimum absolute atomic E-state index is 0.0713. The van der Waals surface area contributed by atoms with Gasteiger partial charge in [-0.3, -0.25) is 14.1 Å². The third kappa shape index (κ3) is 3.89. The first-order valence-corrected chi connectivity index (χ1v) is 7.23. The van der Waals surface area contributed by atoms with E-state index in [4.69, 9.17) is 0 Å². The van der Waals surface area contributed by atoms with Crippen LogP contribution in [-0.2, 0) is 6.54 Å². The number of likely N-dealkylation sites (N-methyl/N-ethyl adjacent to an activating group) is 1. The van der Waals surface area contributed by atoms with Gasteiger partial charge in [0.25, 0.3) is 5.56 Å². The van der Waals surface area contributed by atoms with Gasteiger partial charge < -0.3 is 5.11 Å². The molecule has 0 saturated heterocycles. The fourth-order valence-electron chi connectivity index (χ4n) is 2.45. The van der Waals surface area contributed by atoms with Crippen molar-refractivity contribution in [2.75, 3.05) is 13.1 Å². The standard InChI is InChI=1S/C16H23N3O2/c1-5-18(11-16(3,4)21)10-13-9-14(20)19-8-6-7-12(2)15(19)17-13/h6-9,21H,5,10-11H2,1-4H3. The Labute approximate surface area is 124 Å². The van der Waals surface area contributed by atoms with Crippen LogP contribution >= 0.6 is 0 Å². The number of pyridine rings is 1. The van der Waals surface area contributed by atoms with Crippen LogP contribution < -0.4 is 5.56 Å². The highest BCUT2D eigenvalue weighted by Gasteiger charge is 2.18. The molecule has 0 unspecified atom stereocenters. The molecule has 0 atom stereocenters. The zero-order chi connectivity index (χ0) is 15.6. The smallest absolute Gasteiger partial charge is 0.258 e. The predicted molar refractivity (Wildman–Crippen MR) is 83.4 cm³/mol. The van der Waals surface area contributed by atoms with Gasteiger partial charge in [-0.05, 0) is 38.9 Å². The third-order valence-corrected chi connectivity index (χ3v) is 3.38. The monoisotopic (exact) mass is 289 g/mol. The topological polar surface area (TPSA) is 57.8 Å². The molecule has 0 aliphatic heterocycles. The summed E-state index contributed by atoms with van der Waals surface area (Å²) in [5, 5.41) is 9.94. The second kappa shape index (κ2) is 5.95. The number of fused-ring (bicyclic) bond motifs is 1. The van der Waals surface area contributed by atoms with Crippen LogP contribution in [0.1, 0.15) is 32.0 Å². The summed E-state index contributed by atoms with van der Waals surface area (Å²) in [4.78, 5) is 18.8. The fourth-order valence-corrected chi connectivity index (χ4v) is 2.45. The van der Waals surface area contributed by atoms with Crippen LogP contribution in [0.15, 0.2) is 29.2 Å². The van der Waals surface area contributed by atoms with E-state index in [1.165, 1.54) is 0 Å². The first kappa shape index (κ1) is 15.7. The molecule has 0 fully saturated rings. The molecule has 0 aliphatic carbocycles. The minimum Gasteiger partial charge on any atom is -0.389 e. The number of aryl methyl sites for hydroxylation is 1. The molecule has 2 rings (SSSR count). The van der Waals surface area contributed by atoms with Crippen LogP contribution in [0.4, 0.5) is 0 Å². The minimum atomic E-state index is -0.766. The normalized spacial score (nSPS) is 12.3. The van der Waals surface area contributed by atoms with Crippen molar-refractivity contribution in [3.63, 3.8) is 0 Å². The Bertz CT molecular complexity index is 686. The van der Waals surface area contributed by atoms with Gasteiger partial charge in [0.05, 0.1) is 11.3 Å². The zero-order valence-corrected chi connectivity index (χ0v) is 13.1. The van der Waals surface area contributed by atoms with E-state index in [1.807, 2.05) is 26.0 Å². The van der Waals surface area contributed by atoms with Crippen molar-refractivity contribution in [3.05, 3.63) is 46.0 Å². The number of hydrogen-bond donors (Lipinski definition) is 1. The van der Waals surface area contributed by atoms with E-state index in [0.29, 0.717) is 18.7 Å². The molecule has 0 saturated carbocycles. The highest BCUT2D eigenvalue weighted by molar-refractivity contribution is 5.46. The maximum Gasteiger partial charge on any atom is 0.258 e. The molecule has 114 valence electrons. The Morgan fingerprint density at radius 2 is 2.14 bits per heavy atom. The Hall–Kier alpha value is -1.72. The summed E-state index contributed by atoms with van der Waals surface area (Å²) in [5.74, 6) is 0. The van der Waals surface area contributed by atoms with E-state index >= 15 is 0 Å². The van der Waals surface area contributed by atoms with Gasteiger partial charge in [0.15, 0.2) is 0 Å². The molecular weight excluding hydrogens is 266 g/mol. The Kier molecular flexibility index (Phi) is 4.44. The van der Waals surface area contributed by atoms with E-state index in [2.05, 4.69) is 9.88 Å². The largest absolute Gasteiger partial charge is 0.389 e. The van der Waals surface area contributed by atoms with Crippen molar-refractivity contribution in [1.29, 1.82) is 0 Å². The van der Waals surface area contributed by atoms with Crippen LogP contribution in [0.5, 0.6) is 0 Å². The van der Waals surface area contributed by atoms with E-state index in [0.717, 1.165) is 17.8 Å². The number of hydrogen-bond acceptors (Lipinski definition) is 4. The first-order chi connectivity index (χ1) is 9.80. The molecule has 5 heteroatoms. The number of rotatable bonds is 5. The lowest BCUT2D eigenvalue weighted by Crippen LogP contribution is -2.38. The van der Waals surface area contributed by atoms with Gasteiger partial charge in [-0.25, -0.2) is 4.98 Å². The summed E-state index contributed by atoms with van der Waals surface area (Å²) in [6.45, 7) is 9.42.